The molecule has 1 rings (SSSR count). The molecule has 0 radical (unpaired) electrons. The molecular formula is C12H22N2O2. The molecule has 3 unspecified atom stereocenters. The molecule has 1 aliphatic heterocycles. The summed E-state index contributed by atoms with van der Waals surface area (Å²) in [7, 11) is 1.80. The highest BCUT2D eigenvalue weighted by atomic mass is 16.2. The number of amides is 1. The zero-order valence-corrected chi connectivity index (χ0v) is 10.6. The molecule has 1 amide bonds. The number of carbonyl (C=O) groups is 2. The van der Waals surface area contributed by atoms with Crippen LogP contribution in [-0.2, 0) is 9.59 Å². The van der Waals surface area contributed by atoms with E-state index in [0.717, 1.165) is 19.3 Å². The second-order valence-corrected chi connectivity index (χ2v) is 4.51. The van der Waals surface area contributed by atoms with Crippen molar-refractivity contribution in [2.45, 2.75) is 58.2 Å². The molecule has 4 heteroatoms. The van der Waals surface area contributed by atoms with E-state index in [4.69, 9.17) is 0 Å². The van der Waals surface area contributed by atoms with Gasteiger partial charge in [-0.15, -0.1) is 0 Å². The van der Waals surface area contributed by atoms with Crippen LogP contribution >= 0.6 is 0 Å². The molecule has 1 heterocycles. The van der Waals surface area contributed by atoms with E-state index in [-0.39, 0.29) is 29.8 Å². The van der Waals surface area contributed by atoms with Crippen molar-refractivity contribution in [3.63, 3.8) is 0 Å². The van der Waals surface area contributed by atoms with Crippen molar-refractivity contribution in [2.24, 2.45) is 0 Å². The van der Waals surface area contributed by atoms with Crippen LogP contribution in [0.15, 0.2) is 0 Å². The van der Waals surface area contributed by atoms with Crippen LogP contribution in [0.4, 0.5) is 0 Å². The van der Waals surface area contributed by atoms with E-state index in [1.165, 1.54) is 0 Å². The number of likely N-dealkylation sites (N-methyl/N-ethyl adjacent to an activating group) is 1. The first-order valence-corrected chi connectivity index (χ1v) is 6.02. The fourth-order valence-electron chi connectivity index (χ4n) is 2.35. The summed E-state index contributed by atoms with van der Waals surface area (Å²) in [5, 5.41) is 3.02. The largest absolute Gasteiger partial charge is 0.329 e. The number of hydrogen-bond donors (Lipinski definition) is 1. The summed E-state index contributed by atoms with van der Waals surface area (Å²) in [5.74, 6) is 0.131. The lowest BCUT2D eigenvalue weighted by atomic mass is 9.93. The summed E-state index contributed by atoms with van der Waals surface area (Å²) in [6.45, 7) is 5.44. The zero-order chi connectivity index (χ0) is 12.3. The van der Waals surface area contributed by atoms with E-state index < -0.39 is 0 Å². The number of likely N-dealkylation sites (tertiary alicyclic amines) is 1. The number of nitrogens with zero attached hydrogens (tertiary/aromatic N) is 1. The van der Waals surface area contributed by atoms with Crippen LogP contribution < -0.4 is 5.32 Å². The summed E-state index contributed by atoms with van der Waals surface area (Å²) in [5.41, 5.74) is 0. The predicted molar refractivity (Wildman–Crippen MR) is 63.1 cm³/mol. The second kappa shape index (κ2) is 5.43. The molecule has 1 aliphatic rings. The number of Topliss-reactive ketones (excluding diaryl/α,β-unsaturated/α-hetero) is 1. The molecule has 0 aromatic heterocycles. The Bertz CT molecular complexity index is 278. The first-order valence-electron chi connectivity index (χ1n) is 6.02. The summed E-state index contributed by atoms with van der Waals surface area (Å²) < 4.78 is 0. The average Bonchev–Trinajstić information content (AvgIpc) is 2.27. The van der Waals surface area contributed by atoms with Crippen molar-refractivity contribution in [3.8, 4) is 0 Å². The van der Waals surface area contributed by atoms with Crippen LogP contribution in [0.2, 0.25) is 0 Å². The molecular weight excluding hydrogens is 204 g/mol. The predicted octanol–water partition coefficient (Wildman–Crippen LogP) is 0.953. The van der Waals surface area contributed by atoms with Crippen LogP contribution in [0.5, 0.6) is 0 Å². The summed E-state index contributed by atoms with van der Waals surface area (Å²) >= 11 is 0. The Morgan fingerprint density at radius 2 is 2.19 bits per heavy atom. The van der Waals surface area contributed by atoms with Gasteiger partial charge >= 0.3 is 0 Å². The Kier molecular flexibility index (Phi) is 4.47. The Hall–Kier alpha value is -0.900. The summed E-state index contributed by atoms with van der Waals surface area (Å²) in [4.78, 5) is 25.4. The quantitative estimate of drug-likeness (QED) is 0.776. The lowest BCUT2D eigenvalue weighted by Crippen LogP contribution is -2.58. The molecule has 1 N–H and O–H groups in total. The zero-order valence-electron chi connectivity index (χ0n) is 10.6. The maximum atomic E-state index is 12.2. The van der Waals surface area contributed by atoms with E-state index in [1.807, 2.05) is 6.92 Å². The van der Waals surface area contributed by atoms with Crippen LogP contribution in [0, 0.1) is 0 Å². The van der Waals surface area contributed by atoms with Gasteiger partial charge in [0.1, 0.15) is 0 Å². The summed E-state index contributed by atoms with van der Waals surface area (Å²) in [6, 6.07) is -0.200. The van der Waals surface area contributed by atoms with Gasteiger partial charge in [-0.05, 0) is 40.2 Å². The van der Waals surface area contributed by atoms with Crippen molar-refractivity contribution in [3.05, 3.63) is 0 Å². The number of hydrogen-bond acceptors (Lipinski definition) is 3. The molecule has 4 nitrogen and oxygen atoms in total. The molecule has 0 saturated carbocycles. The molecule has 92 valence electrons. The van der Waals surface area contributed by atoms with Gasteiger partial charge in [-0.3, -0.25) is 9.59 Å². The maximum Gasteiger partial charge on any atom is 0.240 e. The summed E-state index contributed by atoms with van der Waals surface area (Å²) in [6.07, 6.45) is 2.76. The van der Waals surface area contributed by atoms with Crippen LogP contribution in [0.25, 0.3) is 0 Å². The number of carbonyl (C=O) groups excluding carboxylic acids is 2. The van der Waals surface area contributed by atoms with E-state index in [1.54, 1.807) is 18.9 Å². The Morgan fingerprint density at radius 1 is 1.56 bits per heavy atom. The van der Waals surface area contributed by atoms with Gasteiger partial charge < -0.3 is 10.2 Å². The van der Waals surface area contributed by atoms with E-state index in [0.29, 0.717) is 0 Å². The van der Waals surface area contributed by atoms with Crippen molar-refractivity contribution in [2.75, 3.05) is 7.05 Å². The Balaban J connectivity index is 2.88. The lowest BCUT2D eigenvalue weighted by Gasteiger charge is -2.41. The first kappa shape index (κ1) is 13.2. The second-order valence-electron chi connectivity index (χ2n) is 4.51. The average molecular weight is 226 g/mol. The van der Waals surface area contributed by atoms with Crippen LogP contribution in [0.3, 0.4) is 0 Å². The third kappa shape index (κ3) is 2.43. The fraction of sp³-hybridized carbons (Fsp3) is 0.833. The highest BCUT2D eigenvalue weighted by molar-refractivity contribution is 5.90. The van der Waals surface area contributed by atoms with Crippen molar-refractivity contribution in [1.82, 2.24) is 10.2 Å². The molecule has 1 fully saturated rings. The SMILES string of the molecule is CCC1CCC(NC)C(=O)N1C(C)C(C)=O. The molecule has 0 aliphatic carbocycles. The molecule has 3 atom stereocenters. The Morgan fingerprint density at radius 3 is 2.62 bits per heavy atom. The van der Waals surface area contributed by atoms with Gasteiger partial charge in [-0.2, -0.15) is 0 Å². The number of ketones is 1. The van der Waals surface area contributed by atoms with Gasteiger partial charge in [0.2, 0.25) is 5.91 Å². The lowest BCUT2D eigenvalue weighted by molar-refractivity contribution is -0.146. The molecule has 1 saturated heterocycles. The van der Waals surface area contributed by atoms with Crippen molar-refractivity contribution < 1.29 is 9.59 Å². The monoisotopic (exact) mass is 226 g/mol. The highest BCUT2D eigenvalue weighted by Gasteiger charge is 2.37. The molecule has 0 spiro atoms. The van der Waals surface area contributed by atoms with Crippen LogP contribution in [-0.4, -0.2) is 41.8 Å². The van der Waals surface area contributed by atoms with Gasteiger partial charge in [0.25, 0.3) is 0 Å². The van der Waals surface area contributed by atoms with Crippen molar-refractivity contribution >= 4 is 11.7 Å². The Labute approximate surface area is 97.4 Å². The first-order chi connectivity index (χ1) is 7.52. The molecule has 0 aromatic carbocycles. The van der Waals surface area contributed by atoms with E-state index in [9.17, 15) is 9.59 Å². The molecule has 0 aromatic rings. The number of rotatable bonds is 4. The van der Waals surface area contributed by atoms with Gasteiger partial charge in [0.15, 0.2) is 5.78 Å². The van der Waals surface area contributed by atoms with Crippen molar-refractivity contribution in [1.29, 1.82) is 0 Å². The molecule has 0 bridgehead atoms. The van der Waals surface area contributed by atoms with E-state index >= 15 is 0 Å². The number of nitrogens with one attached hydrogen (secondary N) is 1. The smallest absolute Gasteiger partial charge is 0.240 e. The van der Waals surface area contributed by atoms with Crippen LogP contribution in [0.1, 0.15) is 40.0 Å². The highest BCUT2D eigenvalue weighted by Crippen LogP contribution is 2.23. The van der Waals surface area contributed by atoms with Gasteiger partial charge in [-0.1, -0.05) is 6.92 Å². The normalized spacial score (nSPS) is 28.0. The molecule has 16 heavy (non-hydrogen) atoms. The van der Waals surface area contributed by atoms with Gasteiger partial charge in [0, 0.05) is 6.04 Å². The van der Waals surface area contributed by atoms with Gasteiger partial charge in [0.05, 0.1) is 12.1 Å². The minimum absolute atomic E-state index is 0.0588. The minimum Gasteiger partial charge on any atom is -0.329 e. The topological polar surface area (TPSA) is 49.4 Å². The maximum absolute atomic E-state index is 12.2. The number of piperidine rings is 1. The third-order valence-corrected chi connectivity index (χ3v) is 3.56. The standard InChI is InChI=1S/C12H22N2O2/c1-5-10-6-7-11(13-4)12(16)14(10)8(2)9(3)15/h8,10-11,13H,5-7H2,1-4H3. The van der Waals surface area contributed by atoms with E-state index in [2.05, 4.69) is 12.2 Å². The third-order valence-electron chi connectivity index (χ3n) is 3.56. The van der Waals surface area contributed by atoms with Gasteiger partial charge in [-0.25, -0.2) is 0 Å². The fourth-order valence-corrected chi connectivity index (χ4v) is 2.35. The minimum atomic E-state index is -0.298.